The minimum absolute atomic E-state index is 0.0666. The van der Waals surface area contributed by atoms with Gasteiger partial charge in [0.25, 0.3) is 10.1 Å². The van der Waals surface area contributed by atoms with Crippen LogP contribution in [0.5, 0.6) is 0 Å². The fraction of sp³-hybridized carbons (Fsp3) is 0.314. The molecule has 6 nitrogen and oxygen atoms in total. The topological polar surface area (TPSA) is 72.8 Å². The maximum atomic E-state index is 10.5. The van der Waals surface area contributed by atoms with E-state index in [1.807, 2.05) is 18.7 Å². The lowest BCUT2D eigenvalue weighted by atomic mass is 9.84. The largest absolute Gasteiger partial charge is 0.378 e. The Bertz CT molecular complexity index is 1340. The Morgan fingerprint density at radius 3 is 1.47 bits per heavy atom. The van der Waals surface area contributed by atoms with Crippen molar-refractivity contribution < 1.29 is 26.9 Å². The first kappa shape index (κ1) is 34.5. The second-order valence-corrected chi connectivity index (χ2v) is 13.9. The molecule has 4 aromatic carbocycles. The third-order valence-corrected chi connectivity index (χ3v) is 9.06. The predicted molar refractivity (Wildman–Crippen MR) is 177 cm³/mol. The van der Waals surface area contributed by atoms with Gasteiger partial charge in [-0.1, -0.05) is 109 Å². The maximum Gasteiger partial charge on any atom is 0.294 e. The van der Waals surface area contributed by atoms with Gasteiger partial charge in [0.1, 0.15) is 6.54 Å². The minimum atomic E-state index is -4.02. The molecule has 0 fully saturated rings. The second-order valence-electron chi connectivity index (χ2n) is 11.2. The normalized spacial score (nSPS) is 11.9. The molecule has 0 radical (unpaired) electrons. The molecule has 230 valence electrons. The zero-order chi connectivity index (χ0) is 31.2. The molecule has 0 atom stereocenters. The van der Waals surface area contributed by atoms with Crippen molar-refractivity contribution in [1.82, 2.24) is 0 Å². The van der Waals surface area contributed by atoms with E-state index in [9.17, 15) is 8.42 Å². The van der Waals surface area contributed by atoms with Crippen LogP contribution >= 0.6 is 11.8 Å². The van der Waals surface area contributed by atoms with Gasteiger partial charge in [-0.3, -0.25) is 4.55 Å². The molecule has 0 bridgehead atoms. The van der Waals surface area contributed by atoms with Gasteiger partial charge in [-0.05, 0) is 35.7 Å². The van der Waals surface area contributed by atoms with Crippen LogP contribution in [0, 0.1) is 6.92 Å². The first-order valence-electron chi connectivity index (χ1n) is 14.3. The molecule has 0 saturated heterocycles. The van der Waals surface area contributed by atoms with Crippen molar-refractivity contribution in [1.29, 1.82) is 0 Å². The van der Waals surface area contributed by atoms with Crippen LogP contribution in [0.1, 0.15) is 22.3 Å². The summed E-state index contributed by atoms with van der Waals surface area (Å²) in [6, 6.07) is 38.4. The molecule has 0 aliphatic heterocycles. The Balaban J connectivity index is 0.000000386. The van der Waals surface area contributed by atoms with Crippen LogP contribution in [0.2, 0.25) is 0 Å². The molecule has 0 saturated carbocycles. The summed E-state index contributed by atoms with van der Waals surface area (Å²) in [6.07, 6.45) is 0. The molecule has 0 spiro atoms. The number of aryl methyl sites for hydroxylation is 1. The zero-order valence-electron chi connectivity index (χ0n) is 25.6. The number of rotatable bonds is 14. The van der Waals surface area contributed by atoms with Crippen molar-refractivity contribution >= 4 is 21.9 Å². The van der Waals surface area contributed by atoms with Crippen LogP contribution < -0.4 is 0 Å². The van der Waals surface area contributed by atoms with Gasteiger partial charge in [-0.15, -0.1) is 11.8 Å². The Hall–Kier alpha value is -2.98. The van der Waals surface area contributed by atoms with E-state index in [4.69, 9.17) is 14.0 Å². The van der Waals surface area contributed by atoms with Crippen LogP contribution in [0.15, 0.2) is 120 Å². The number of ether oxygens (including phenoxy) is 2. The van der Waals surface area contributed by atoms with Crippen LogP contribution in [0.4, 0.5) is 0 Å². The molecule has 0 aliphatic rings. The van der Waals surface area contributed by atoms with Gasteiger partial charge in [-0.2, -0.15) is 8.42 Å². The standard InChI is InChI=1S/C28H36NO2S.C7H8O3S/c1-29(2,3)19-20-30-21-22-31-23-24-32-28(25-13-7-4-8-14-25,26-15-9-5-10-16-26)27-17-11-6-12-18-27;1-6-2-4-7(5-3-6)11(8,9)10/h4-18H,19-24H2,1-3H3;2-5H,1H3,(H,8,9,10)/q+1;. The molecule has 43 heavy (non-hydrogen) atoms. The van der Waals surface area contributed by atoms with Crippen molar-refractivity contribution in [2.75, 3.05) is 59.9 Å². The molecular formula is C35H44NO5S2+. The third-order valence-electron chi connectivity index (χ3n) is 6.68. The molecule has 0 aliphatic carbocycles. The number of hydrogen-bond donors (Lipinski definition) is 1. The number of quaternary nitrogens is 1. The Kier molecular flexibility index (Phi) is 13.4. The number of benzene rings is 4. The molecule has 4 rings (SSSR count). The van der Waals surface area contributed by atoms with Crippen molar-refractivity contribution in [2.45, 2.75) is 16.6 Å². The van der Waals surface area contributed by atoms with Gasteiger partial charge < -0.3 is 14.0 Å². The average molecular weight is 623 g/mol. The van der Waals surface area contributed by atoms with Gasteiger partial charge in [-0.25, -0.2) is 0 Å². The third kappa shape index (κ3) is 11.2. The summed E-state index contributed by atoms with van der Waals surface area (Å²) in [7, 11) is 2.51. The highest BCUT2D eigenvalue weighted by Gasteiger charge is 2.36. The molecular weight excluding hydrogens is 579 g/mol. The Morgan fingerprint density at radius 2 is 1.07 bits per heavy atom. The summed E-state index contributed by atoms with van der Waals surface area (Å²) < 4.78 is 41.8. The highest BCUT2D eigenvalue weighted by Crippen LogP contribution is 2.48. The fourth-order valence-electron chi connectivity index (χ4n) is 4.39. The highest BCUT2D eigenvalue weighted by molar-refractivity contribution is 8.00. The maximum absolute atomic E-state index is 10.5. The van der Waals surface area contributed by atoms with Gasteiger partial charge in [0.05, 0.1) is 57.2 Å². The van der Waals surface area contributed by atoms with Gasteiger partial charge in [0.2, 0.25) is 0 Å². The highest BCUT2D eigenvalue weighted by atomic mass is 32.2. The van der Waals surface area contributed by atoms with Crippen molar-refractivity contribution in [3.05, 3.63) is 138 Å². The van der Waals surface area contributed by atoms with Crippen molar-refractivity contribution in [3.63, 3.8) is 0 Å². The quantitative estimate of drug-likeness (QED) is 0.0731. The summed E-state index contributed by atoms with van der Waals surface area (Å²) in [5.41, 5.74) is 4.81. The number of nitrogens with zero attached hydrogens (tertiary/aromatic N) is 1. The number of thioether (sulfide) groups is 1. The fourth-order valence-corrected chi connectivity index (χ4v) is 6.29. The predicted octanol–water partition coefficient (Wildman–Crippen LogP) is 6.69. The molecule has 0 unspecified atom stereocenters. The molecule has 0 heterocycles. The SMILES string of the molecule is C[N+](C)(C)CCOCCOCCSC(c1ccccc1)(c1ccccc1)c1ccccc1.Cc1ccc(S(=O)(=O)O)cc1. The molecule has 8 heteroatoms. The van der Waals surface area contributed by atoms with E-state index in [0.717, 1.165) is 29.0 Å². The van der Waals surface area contributed by atoms with Crippen molar-refractivity contribution in [3.8, 4) is 0 Å². The molecule has 0 amide bonds. The van der Waals surface area contributed by atoms with E-state index in [2.05, 4.69) is 112 Å². The summed E-state index contributed by atoms with van der Waals surface area (Å²) in [4.78, 5) is -0.0666. The summed E-state index contributed by atoms with van der Waals surface area (Å²) >= 11 is 1.93. The van der Waals surface area contributed by atoms with Gasteiger partial charge in [0.15, 0.2) is 0 Å². The zero-order valence-corrected chi connectivity index (χ0v) is 27.2. The monoisotopic (exact) mass is 622 g/mol. The van der Waals surface area contributed by atoms with E-state index in [0.29, 0.717) is 19.8 Å². The van der Waals surface area contributed by atoms with E-state index in [1.165, 1.54) is 28.8 Å². The lowest BCUT2D eigenvalue weighted by molar-refractivity contribution is -0.870. The van der Waals surface area contributed by atoms with E-state index in [-0.39, 0.29) is 9.64 Å². The summed E-state index contributed by atoms with van der Waals surface area (Å²) in [5.74, 6) is 0.886. The van der Waals surface area contributed by atoms with Crippen LogP contribution in [-0.2, 0) is 24.3 Å². The van der Waals surface area contributed by atoms with E-state index in [1.54, 1.807) is 12.1 Å². The van der Waals surface area contributed by atoms with Gasteiger partial charge in [0, 0.05) is 5.75 Å². The molecule has 1 N–H and O–H groups in total. The number of hydrogen-bond acceptors (Lipinski definition) is 5. The second kappa shape index (κ2) is 16.8. The smallest absolute Gasteiger partial charge is 0.294 e. The first-order chi connectivity index (χ1) is 20.5. The van der Waals surface area contributed by atoms with E-state index < -0.39 is 10.1 Å². The lowest BCUT2D eigenvalue weighted by Gasteiger charge is -2.35. The Morgan fingerprint density at radius 1 is 0.651 bits per heavy atom. The van der Waals surface area contributed by atoms with Crippen LogP contribution in [-0.4, -0.2) is 77.3 Å². The molecule has 0 aromatic heterocycles. The van der Waals surface area contributed by atoms with Crippen LogP contribution in [0.25, 0.3) is 0 Å². The number of likely N-dealkylation sites (N-methyl/N-ethyl adjacent to an activating group) is 1. The average Bonchev–Trinajstić information content (AvgIpc) is 2.99. The first-order valence-corrected chi connectivity index (χ1v) is 16.8. The van der Waals surface area contributed by atoms with Crippen molar-refractivity contribution in [2.24, 2.45) is 0 Å². The minimum Gasteiger partial charge on any atom is -0.378 e. The summed E-state index contributed by atoms with van der Waals surface area (Å²) in [6.45, 7) is 5.58. The van der Waals surface area contributed by atoms with E-state index >= 15 is 0 Å². The Labute approximate surface area is 262 Å². The molecule has 4 aromatic rings. The van der Waals surface area contributed by atoms with Gasteiger partial charge >= 0.3 is 0 Å². The van der Waals surface area contributed by atoms with Crippen LogP contribution in [0.3, 0.4) is 0 Å². The summed E-state index contributed by atoms with van der Waals surface area (Å²) in [5, 5.41) is 0. The lowest BCUT2D eigenvalue weighted by Crippen LogP contribution is -2.37.